The van der Waals surface area contributed by atoms with Crippen LogP contribution >= 0.6 is 11.3 Å². The first-order chi connectivity index (χ1) is 9.61. The quantitative estimate of drug-likeness (QED) is 0.589. The molecule has 0 fully saturated rings. The highest BCUT2D eigenvalue weighted by molar-refractivity contribution is 7.11. The van der Waals surface area contributed by atoms with E-state index in [9.17, 15) is 4.79 Å². The van der Waals surface area contributed by atoms with Crippen molar-refractivity contribution in [2.75, 3.05) is 20.3 Å². The van der Waals surface area contributed by atoms with E-state index in [4.69, 9.17) is 9.47 Å². The van der Waals surface area contributed by atoms with Gasteiger partial charge in [0.05, 0.1) is 23.9 Å². The average molecular weight is 296 g/mol. The lowest BCUT2D eigenvalue weighted by molar-refractivity contribution is 0.0380. The fraction of sp³-hybridized carbons (Fsp3) is 0.500. The Kier molecular flexibility index (Phi) is 4.80. The lowest BCUT2D eigenvalue weighted by atomic mass is 10.3. The largest absolute Gasteiger partial charge is 0.458 e. The highest BCUT2D eigenvalue weighted by atomic mass is 32.1. The Hall–Kier alpha value is -1.80. The molecule has 0 aliphatic carbocycles. The van der Waals surface area contributed by atoms with Crippen LogP contribution in [0.4, 0.5) is 0 Å². The molecule has 0 radical (unpaired) electrons. The van der Waals surface area contributed by atoms with Gasteiger partial charge in [-0.05, 0) is 13.8 Å². The van der Waals surface area contributed by atoms with E-state index in [0.717, 1.165) is 9.88 Å². The van der Waals surface area contributed by atoms with Gasteiger partial charge in [-0.15, -0.1) is 16.4 Å². The monoisotopic (exact) mass is 296 g/mol. The first-order valence-electron chi connectivity index (χ1n) is 6.09. The minimum atomic E-state index is -0.480. The summed E-state index contributed by atoms with van der Waals surface area (Å²) >= 11 is 1.59. The van der Waals surface area contributed by atoms with Gasteiger partial charge in [0.15, 0.2) is 5.69 Å². The SMILES string of the molecule is COCCOC(=O)c1nnn(Cc2cnc(C)s2)c1C. The number of carbonyl (C=O) groups excluding carboxylic acids is 1. The van der Waals surface area contributed by atoms with Gasteiger partial charge in [-0.2, -0.15) is 0 Å². The lowest BCUT2D eigenvalue weighted by Gasteiger charge is -2.03. The van der Waals surface area contributed by atoms with Crippen molar-refractivity contribution >= 4 is 17.3 Å². The van der Waals surface area contributed by atoms with Gasteiger partial charge in [0.25, 0.3) is 0 Å². The number of rotatable bonds is 6. The number of carbonyl (C=O) groups is 1. The summed E-state index contributed by atoms with van der Waals surface area (Å²) in [4.78, 5) is 17.1. The van der Waals surface area contributed by atoms with E-state index in [0.29, 0.717) is 18.8 Å². The number of ether oxygens (including phenoxy) is 2. The first kappa shape index (κ1) is 14.6. The molecule has 2 heterocycles. The van der Waals surface area contributed by atoms with Crippen LogP contribution in [0.25, 0.3) is 0 Å². The van der Waals surface area contributed by atoms with Crippen molar-refractivity contribution in [3.63, 3.8) is 0 Å². The molecule has 2 rings (SSSR count). The predicted octanol–water partition coefficient (Wildman–Crippen LogP) is 1.20. The molecule has 0 saturated carbocycles. The van der Waals surface area contributed by atoms with E-state index < -0.39 is 5.97 Å². The molecule has 2 aromatic heterocycles. The molecular weight excluding hydrogens is 280 g/mol. The second-order valence-electron chi connectivity index (χ2n) is 4.16. The lowest BCUT2D eigenvalue weighted by Crippen LogP contribution is -2.12. The Morgan fingerprint density at radius 1 is 1.40 bits per heavy atom. The molecule has 0 spiro atoms. The third-order valence-electron chi connectivity index (χ3n) is 2.67. The fourth-order valence-electron chi connectivity index (χ4n) is 1.61. The van der Waals surface area contributed by atoms with Crippen molar-refractivity contribution in [2.45, 2.75) is 20.4 Å². The third-order valence-corrected chi connectivity index (χ3v) is 3.57. The highest BCUT2D eigenvalue weighted by Gasteiger charge is 2.18. The third kappa shape index (κ3) is 3.40. The maximum Gasteiger partial charge on any atom is 0.360 e. The number of nitrogens with zero attached hydrogens (tertiary/aromatic N) is 4. The van der Waals surface area contributed by atoms with Crippen LogP contribution in [0.5, 0.6) is 0 Å². The zero-order valence-corrected chi connectivity index (χ0v) is 12.4. The molecule has 8 heteroatoms. The number of esters is 1. The van der Waals surface area contributed by atoms with Gasteiger partial charge < -0.3 is 9.47 Å². The summed E-state index contributed by atoms with van der Waals surface area (Å²) in [7, 11) is 1.55. The Balaban J connectivity index is 2.04. The maximum atomic E-state index is 11.8. The highest BCUT2D eigenvalue weighted by Crippen LogP contribution is 2.14. The van der Waals surface area contributed by atoms with Gasteiger partial charge >= 0.3 is 5.97 Å². The molecule has 0 atom stereocenters. The second kappa shape index (κ2) is 6.58. The van der Waals surface area contributed by atoms with Crippen LogP contribution in [0.3, 0.4) is 0 Å². The van der Waals surface area contributed by atoms with Gasteiger partial charge in [-0.25, -0.2) is 14.5 Å². The van der Waals surface area contributed by atoms with Crippen molar-refractivity contribution in [1.82, 2.24) is 20.0 Å². The van der Waals surface area contributed by atoms with Crippen LogP contribution in [0, 0.1) is 13.8 Å². The fourth-order valence-corrected chi connectivity index (χ4v) is 2.39. The van der Waals surface area contributed by atoms with Crippen LogP contribution in [-0.4, -0.2) is 46.3 Å². The molecule has 7 nitrogen and oxygen atoms in total. The molecule has 0 aromatic carbocycles. The molecule has 0 saturated heterocycles. The van der Waals surface area contributed by atoms with Gasteiger partial charge in [-0.1, -0.05) is 5.21 Å². The summed E-state index contributed by atoms with van der Waals surface area (Å²) in [6, 6.07) is 0. The average Bonchev–Trinajstić information content (AvgIpc) is 2.98. The molecule has 0 aliphatic rings. The number of hydrogen-bond donors (Lipinski definition) is 0. The van der Waals surface area contributed by atoms with Gasteiger partial charge in [0.1, 0.15) is 6.61 Å². The maximum absolute atomic E-state index is 11.8. The first-order valence-corrected chi connectivity index (χ1v) is 6.91. The van der Waals surface area contributed by atoms with Crippen LogP contribution in [0.15, 0.2) is 6.20 Å². The van der Waals surface area contributed by atoms with Crippen LogP contribution in [0.1, 0.15) is 26.1 Å². The van der Waals surface area contributed by atoms with Crippen molar-refractivity contribution in [2.24, 2.45) is 0 Å². The van der Waals surface area contributed by atoms with E-state index in [1.54, 1.807) is 36.2 Å². The Bertz CT molecular complexity index is 593. The van der Waals surface area contributed by atoms with Crippen LogP contribution in [0.2, 0.25) is 0 Å². The van der Waals surface area contributed by atoms with Crippen LogP contribution in [-0.2, 0) is 16.0 Å². The molecule has 2 aromatic rings. The minimum absolute atomic E-state index is 0.204. The van der Waals surface area contributed by atoms with Crippen molar-refractivity contribution in [1.29, 1.82) is 0 Å². The number of aromatic nitrogens is 4. The molecule has 0 N–H and O–H groups in total. The number of hydrogen-bond acceptors (Lipinski definition) is 7. The standard InChI is InChI=1S/C12H16N4O3S/c1-8-11(12(17)19-5-4-18-3)14-15-16(8)7-10-6-13-9(2)20-10/h6H,4-5,7H2,1-3H3. The number of thiazole rings is 1. The number of aryl methyl sites for hydroxylation is 1. The Labute approximate surface area is 120 Å². The summed E-state index contributed by atoms with van der Waals surface area (Å²) in [5.74, 6) is -0.480. The molecule has 0 bridgehead atoms. The van der Waals surface area contributed by atoms with Crippen LogP contribution < -0.4 is 0 Å². The smallest absolute Gasteiger partial charge is 0.360 e. The molecule has 0 aliphatic heterocycles. The molecule has 20 heavy (non-hydrogen) atoms. The topological polar surface area (TPSA) is 79.1 Å². The zero-order valence-electron chi connectivity index (χ0n) is 11.6. The van der Waals surface area contributed by atoms with Crippen molar-refractivity contribution in [3.05, 3.63) is 27.5 Å². The van der Waals surface area contributed by atoms with Crippen molar-refractivity contribution < 1.29 is 14.3 Å². The van der Waals surface area contributed by atoms with Gasteiger partial charge in [0, 0.05) is 18.2 Å². The normalized spacial score (nSPS) is 10.8. The number of methoxy groups -OCH3 is 1. The summed E-state index contributed by atoms with van der Waals surface area (Å²) in [5.41, 5.74) is 0.917. The Morgan fingerprint density at radius 2 is 2.20 bits per heavy atom. The molecular formula is C12H16N4O3S. The predicted molar refractivity (Wildman–Crippen MR) is 72.9 cm³/mol. The summed E-state index contributed by atoms with van der Waals surface area (Å²) in [6.07, 6.45) is 1.80. The van der Waals surface area contributed by atoms with Gasteiger partial charge in [0.2, 0.25) is 0 Å². The zero-order chi connectivity index (χ0) is 14.5. The second-order valence-corrected chi connectivity index (χ2v) is 5.47. The molecule has 0 unspecified atom stereocenters. The van der Waals surface area contributed by atoms with E-state index in [1.165, 1.54) is 0 Å². The minimum Gasteiger partial charge on any atom is -0.458 e. The molecule has 0 amide bonds. The molecule has 108 valence electrons. The Morgan fingerprint density at radius 3 is 2.85 bits per heavy atom. The van der Waals surface area contributed by atoms with E-state index in [2.05, 4.69) is 15.3 Å². The van der Waals surface area contributed by atoms with Crippen molar-refractivity contribution in [3.8, 4) is 0 Å². The van der Waals surface area contributed by atoms with Gasteiger partial charge in [-0.3, -0.25) is 0 Å². The van der Waals surface area contributed by atoms with E-state index >= 15 is 0 Å². The summed E-state index contributed by atoms with van der Waals surface area (Å²) in [6.45, 7) is 4.85. The summed E-state index contributed by atoms with van der Waals surface area (Å²) in [5, 5.41) is 8.86. The summed E-state index contributed by atoms with van der Waals surface area (Å²) < 4.78 is 11.5. The van der Waals surface area contributed by atoms with E-state index in [1.807, 2.05) is 6.92 Å². The van der Waals surface area contributed by atoms with E-state index in [-0.39, 0.29) is 12.3 Å².